The lowest BCUT2D eigenvalue weighted by atomic mass is 9.76. The minimum absolute atomic E-state index is 0.139. The molecule has 1 aliphatic heterocycles. The molecule has 1 aromatic carbocycles. The number of fused-ring (bicyclic) bond motifs is 1. The fourth-order valence-electron chi connectivity index (χ4n) is 6.20. The molecule has 1 saturated heterocycles. The van der Waals surface area contributed by atoms with Gasteiger partial charge in [0.1, 0.15) is 0 Å². The summed E-state index contributed by atoms with van der Waals surface area (Å²) in [5, 5.41) is 3.94. The molecule has 150 valence electrons. The van der Waals surface area contributed by atoms with Gasteiger partial charge in [-0.25, -0.2) is 0 Å². The second-order valence-corrected chi connectivity index (χ2v) is 9.33. The zero-order chi connectivity index (χ0) is 18.9. The number of benzene rings is 1. The molecule has 1 aromatic heterocycles. The molecule has 1 saturated carbocycles. The molecule has 2 atom stereocenters. The van der Waals surface area contributed by atoms with Crippen LogP contribution in [0.3, 0.4) is 0 Å². The molecule has 1 spiro atoms. The fraction of sp³-hybridized carbons (Fsp3) is 0.600. The van der Waals surface area contributed by atoms with E-state index in [0.717, 1.165) is 19.6 Å². The first-order chi connectivity index (χ1) is 13.8. The van der Waals surface area contributed by atoms with Crippen LogP contribution in [0, 0.1) is 0 Å². The number of aryl methyl sites for hydroxylation is 1. The van der Waals surface area contributed by atoms with Gasteiger partial charge in [0, 0.05) is 31.5 Å². The first kappa shape index (κ1) is 18.4. The highest BCUT2D eigenvalue weighted by molar-refractivity contribution is 5.32. The minimum Gasteiger partial charge on any atom is -0.375 e. The van der Waals surface area contributed by atoms with Crippen LogP contribution in [0.15, 0.2) is 48.8 Å². The number of nitrogens with one attached hydrogen (secondary N) is 1. The Kier molecular flexibility index (Phi) is 5.06. The topological polar surface area (TPSA) is 26.2 Å². The summed E-state index contributed by atoms with van der Waals surface area (Å²) in [6, 6.07) is 13.9. The van der Waals surface area contributed by atoms with Crippen LogP contribution in [0.25, 0.3) is 0 Å². The molecule has 3 heteroatoms. The number of hydrogen-bond donors (Lipinski definition) is 1. The molecule has 5 rings (SSSR count). The first-order valence-electron chi connectivity index (χ1n) is 11.4. The quantitative estimate of drug-likeness (QED) is 0.757. The molecule has 0 amide bonds. The van der Waals surface area contributed by atoms with Gasteiger partial charge in [-0.1, -0.05) is 37.1 Å². The highest BCUT2D eigenvalue weighted by Crippen LogP contribution is 2.48. The summed E-state index contributed by atoms with van der Waals surface area (Å²) in [5.74, 6) is 0. The maximum atomic E-state index is 6.39. The summed E-state index contributed by atoms with van der Waals surface area (Å²) in [6.45, 7) is 1.98. The van der Waals surface area contributed by atoms with Crippen LogP contribution in [0.1, 0.15) is 75.0 Å². The van der Waals surface area contributed by atoms with Crippen LogP contribution in [0.2, 0.25) is 0 Å². The van der Waals surface area contributed by atoms with Crippen LogP contribution in [-0.2, 0) is 16.7 Å². The normalized spacial score (nSPS) is 29.1. The molecule has 0 radical (unpaired) electrons. The zero-order valence-electron chi connectivity index (χ0n) is 17.0. The van der Waals surface area contributed by atoms with Gasteiger partial charge in [-0.05, 0) is 74.8 Å². The Bertz CT molecular complexity index is 778. The second kappa shape index (κ2) is 7.68. The number of aromatic nitrogens is 1. The van der Waals surface area contributed by atoms with E-state index in [0.29, 0.717) is 6.04 Å². The van der Waals surface area contributed by atoms with E-state index < -0.39 is 0 Å². The Balaban J connectivity index is 1.31. The van der Waals surface area contributed by atoms with Gasteiger partial charge in [-0.2, -0.15) is 0 Å². The number of rotatable bonds is 5. The molecular formula is C25H34N2O. The molecular weight excluding hydrogens is 344 g/mol. The predicted octanol–water partition coefficient (Wildman–Crippen LogP) is 5.36. The number of ether oxygens (including phenoxy) is 1. The van der Waals surface area contributed by atoms with E-state index in [9.17, 15) is 0 Å². The number of hydrogen-bond acceptors (Lipinski definition) is 2. The average Bonchev–Trinajstić information content (AvgIpc) is 3.41. The fourth-order valence-corrected chi connectivity index (χ4v) is 6.20. The van der Waals surface area contributed by atoms with Crippen molar-refractivity contribution in [1.82, 2.24) is 9.88 Å². The van der Waals surface area contributed by atoms with Crippen LogP contribution in [0.5, 0.6) is 0 Å². The molecule has 1 N–H and O–H groups in total. The lowest BCUT2D eigenvalue weighted by Gasteiger charge is -2.48. The Morgan fingerprint density at radius 3 is 2.68 bits per heavy atom. The van der Waals surface area contributed by atoms with Gasteiger partial charge in [0.2, 0.25) is 0 Å². The van der Waals surface area contributed by atoms with Gasteiger partial charge in [-0.15, -0.1) is 0 Å². The largest absolute Gasteiger partial charge is 0.375 e. The predicted molar refractivity (Wildman–Crippen MR) is 114 cm³/mol. The van der Waals surface area contributed by atoms with E-state index in [1.807, 2.05) is 0 Å². The molecule has 2 aliphatic carbocycles. The van der Waals surface area contributed by atoms with Gasteiger partial charge in [0.25, 0.3) is 0 Å². The maximum Gasteiger partial charge on any atom is 0.0705 e. The SMILES string of the molecule is c1ccc2c(c1)CCC[C@H]2NCC[C@@]1(n2cccc2)CCOC2(CCCC2)C1. The smallest absolute Gasteiger partial charge is 0.0705 e. The summed E-state index contributed by atoms with van der Waals surface area (Å²) < 4.78 is 8.89. The Morgan fingerprint density at radius 2 is 1.82 bits per heavy atom. The molecule has 0 bridgehead atoms. The van der Waals surface area contributed by atoms with E-state index in [4.69, 9.17) is 4.74 Å². The van der Waals surface area contributed by atoms with E-state index in [-0.39, 0.29) is 11.1 Å². The van der Waals surface area contributed by atoms with Gasteiger partial charge in [0.15, 0.2) is 0 Å². The lowest BCUT2D eigenvalue weighted by Crippen LogP contribution is -2.50. The molecule has 2 aromatic rings. The monoisotopic (exact) mass is 378 g/mol. The third-order valence-corrected chi connectivity index (χ3v) is 7.64. The third-order valence-electron chi connectivity index (χ3n) is 7.64. The number of nitrogens with zero attached hydrogens (tertiary/aromatic N) is 1. The van der Waals surface area contributed by atoms with Crippen molar-refractivity contribution >= 4 is 0 Å². The first-order valence-corrected chi connectivity index (χ1v) is 11.4. The molecule has 0 unspecified atom stereocenters. The van der Waals surface area contributed by atoms with Crippen molar-refractivity contribution in [3.63, 3.8) is 0 Å². The van der Waals surface area contributed by atoms with E-state index >= 15 is 0 Å². The maximum absolute atomic E-state index is 6.39. The lowest BCUT2D eigenvalue weighted by molar-refractivity contribution is -0.119. The molecule has 2 heterocycles. The summed E-state index contributed by atoms with van der Waals surface area (Å²) in [5.41, 5.74) is 3.41. The third kappa shape index (κ3) is 3.44. The molecule has 3 aliphatic rings. The summed E-state index contributed by atoms with van der Waals surface area (Å²) >= 11 is 0. The van der Waals surface area contributed by atoms with Crippen molar-refractivity contribution in [3.8, 4) is 0 Å². The van der Waals surface area contributed by atoms with Crippen LogP contribution in [0.4, 0.5) is 0 Å². The van der Waals surface area contributed by atoms with Crippen molar-refractivity contribution < 1.29 is 4.74 Å². The van der Waals surface area contributed by atoms with E-state index in [2.05, 4.69) is 58.7 Å². The minimum atomic E-state index is 0.139. The van der Waals surface area contributed by atoms with Gasteiger partial charge in [-0.3, -0.25) is 0 Å². The average molecular weight is 379 g/mol. The van der Waals surface area contributed by atoms with E-state index in [1.54, 1.807) is 5.56 Å². The summed E-state index contributed by atoms with van der Waals surface area (Å²) in [7, 11) is 0. The van der Waals surface area contributed by atoms with Gasteiger partial charge < -0.3 is 14.6 Å². The second-order valence-electron chi connectivity index (χ2n) is 9.33. The van der Waals surface area contributed by atoms with Crippen molar-refractivity contribution in [2.75, 3.05) is 13.2 Å². The highest BCUT2D eigenvalue weighted by atomic mass is 16.5. The van der Waals surface area contributed by atoms with Crippen molar-refractivity contribution in [2.24, 2.45) is 0 Å². The zero-order valence-corrected chi connectivity index (χ0v) is 17.0. The van der Waals surface area contributed by atoms with Crippen molar-refractivity contribution in [1.29, 1.82) is 0 Å². The summed E-state index contributed by atoms with van der Waals surface area (Å²) in [6.07, 6.45) is 17.0. The van der Waals surface area contributed by atoms with Crippen LogP contribution < -0.4 is 5.32 Å². The molecule has 3 nitrogen and oxygen atoms in total. The van der Waals surface area contributed by atoms with Crippen molar-refractivity contribution in [2.45, 2.75) is 81.4 Å². The van der Waals surface area contributed by atoms with Crippen LogP contribution >= 0.6 is 0 Å². The molecule has 2 fully saturated rings. The Hall–Kier alpha value is -1.58. The van der Waals surface area contributed by atoms with Gasteiger partial charge >= 0.3 is 0 Å². The summed E-state index contributed by atoms with van der Waals surface area (Å²) in [4.78, 5) is 0. The van der Waals surface area contributed by atoms with E-state index in [1.165, 1.54) is 63.4 Å². The Morgan fingerprint density at radius 1 is 1.00 bits per heavy atom. The Labute approximate surface area is 169 Å². The van der Waals surface area contributed by atoms with Crippen molar-refractivity contribution in [3.05, 3.63) is 59.9 Å². The molecule has 28 heavy (non-hydrogen) atoms. The highest BCUT2D eigenvalue weighted by Gasteiger charge is 2.47. The van der Waals surface area contributed by atoms with Crippen LogP contribution in [-0.4, -0.2) is 23.3 Å². The standard InChI is InChI=1S/C25H34N2O/c1-2-10-22-21(8-1)9-7-11-23(22)26-16-14-24(27-17-5-6-18-27)15-19-28-25(20-24)12-3-4-13-25/h1-2,5-6,8,10,17-18,23,26H,3-4,7,9,11-16,19-20H2/t23-,24-/m1/s1. The van der Waals surface area contributed by atoms with Gasteiger partial charge in [0.05, 0.1) is 11.1 Å².